The zero-order valence-corrected chi connectivity index (χ0v) is 15.2. The number of thiophene rings is 1. The molecule has 0 N–H and O–H groups in total. The van der Waals surface area contributed by atoms with Crippen molar-refractivity contribution >= 4 is 34.1 Å². The van der Waals surface area contributed by atoms with Gasteiger partial charge in [-0.25, -0.2) is 9.69 Å². The van der Waals surface area contributed by atoms with E-state index in [4.69, 9.17) is 9.47 Å². The summed E-state index contributed by atoms with van der Waals surface area (Å²) in [4.78, 5) is 41.2. The Bertz CT molecular complexity index is 826. The number of amides is 2. The number of carbonyl (C=O) groups is 3. The summed E-state index contributed by atoms with van der Waals surface area (Å²) in [6, 6.07) is 0. The van der Waals surface area contributed by atoms with Gasteiger partial charge in [0, 0.05) is 4.88 Å². The Hall–Kier alpha value is -1.99. The van der Waals surface area contributed by atoms with Crippen LogP contribution in [-0.2, 0) is 31.9 Å². The maximum atomic E-state index is 13.1. The van der Waals surface area contributed by atoms with Gasteiger partial charge >= 0.3 is 5.97 Å². The molecule has 4 aliphatic rings. The number of ether oxygens (including phenoxy) is 2. The molecule has 136 valence electrons. The van der Waals surface area contributed by atoms with Crippen molar-refractivity contribution in [2.45, 2.75) is 44.8 Å². The Labute approximate surface area is 154 Å². The molecule has 4 heterocycles. The summed E-state index contributed by atoms with van der Waals surface area (Å²) in [5.74, 6) is -1.86. The molecule has 2 saturated heterocycles. The zero-order valence-electron chi connectivity index (χ0n) is 14.4. The normalized spacial score (nSPS) is 31.5. The Morgan fingerprint density at radius 3 is 2.50 bits per heavy atom. The van der Waals surface area contributed by atoms with Crippen molar-refractivity contribution in [2.75, 3.05) is 11.5 Å². The second-order valence-electron chi connectivity index (χ2n) is 7.13. The molecular formula is C19H19NO5S. The van der Waals surface area contributed by atoms with E-state index < -0.39 is 17.8 Å². The van der Waals surface area contributed by atoms with Gasteiger partial charge in [0.05, 0.1) is 36.2 Å². The quantitative estimate of drug-likeness (QED) is 0.462. The number of nitrogens with zero attached hydrogens (tertiary/aromatic N) is 1. The SMILES string of the molecule is CCOC(=O)c1c(N2C(=O)[C@@H]3[C@H](C2=O)[C@@H]2C=C[C@@H]3O2)sc2c1CCCC2. The minimum atomic E-state index is -0.466. The van der Waals surface area contributed by atoms with Crippen molar-refractivity contribution in [3.05, 3.63) is 28.2 Å². The fourth-order valence-corrected chi connectivity index (χ4v) is 6.01. The third-order valence-corrected chi connectivity index (χ3v) is 7.02. The molecule has 4 atom stereocenters. The van der Waals surface area contributed by atoms with Crippen LogP contribution in [0, 0.1) is 11.8 Å². The Balaban J connectivity index is 1.60. The Kier molecular flexibility index (Phi) is 3.59. The lowest BCUT2D eigenvalue weighted by Crippen LogP contribution is -2.35. The lowest BCUT2D eigenvalue weighted by Gasteiger charge is -2.18. The number of esters is 1. The van der Waals surface area contributed by atoms with E-state index in [1.54, 1.807) is 6.92 Å². The van der Waals surface area contributed by atoms with E-state index in [1.807, 2.05) is 12.2 Å². The fourth-order valence-electron chi connectivity index (χ4n) is 4.63. The van der Waals surface area contributed by atoms with Crippen LogP contribution in [0.4, 0.5) is 5.00 Å². The van der Waals surface area contributed by atoms with Gasteiger partial charge in [0.15, 0.2) is 0 Å². The number of hydrogen-bond donors (Lipinski definition) is 0. The zero-order chi connectivity index (χ0) is 18.0. The maximum Gasteiger partial charge on any atom is 0.341 e. The fraction of sp³-hybridized carbons (Fsp3) is 0.526. The van der Waals surface area contributed by atoms with E-state index >= 15 is 0 Å². The number of imide groups is 1. The monoisotopic (exact) mass is 373 g/mol. The van der Waals surface area contributed by atoms with E-state index in [-0.39, 0.29) is 30.6 Å². The van der Waals surface area contributed by atoms with Gasteiger partial charge in [-0.15, -0.1) is 11.3 Å². The van der Waals surface area contributed by atoms with Crippen molar-refractivity contribution in [3.63, 3.8) is 0 Å². The molecule has 0 radical (unpaired) electrons. The highest BCUT2D eigenvalue weighted by molar-refractivity contribution is 7.17. The highest BCUT2D eigenvalue weighted by Gasteiger charge is 2.61. The standard InChI is InChI=1S/C19H19NO5S/c1-2-24-19(23)13-9-5-3-4-6-12(9)26-18(13)20-16(21)14-10-7-8-11(25-10)15(14)17(20)22/h7-8,10-11,14-15H,2-6H2,1H3/t10-,11-,14-,15+/m0/s1. The molecule has 0 unspecified atom stereocenters. The van der Waals surface area contributed by atoms with Crippen LogP contribution in [0.1, 0.15) is 40.6 Å². The molecule has 3 aliphatic heterocycles. The van der Waals surface area contributed by atoms with Crippen molar-refractivity contribution in [3.8, 4) is 0 Å². The van der Waals surface area contributed by atoms with Crippen LogP contribution in [0.3, 0.4) is 0 Å². The molecule has 7 heteroatoms. The van der Waals surface area contributed by atoms with Gasteiger partial charge in [0.1, 0.15) is 5.00 Å². The summed E-state index contributed by atoms with van der Waals surface area (Å²) in [5, 5.41) is 0.458. The summed E-state index contributed by atoms with van der Waals surface area (Å²) in [5.41, 5.74) is 1.39. The molecule has 5 rings (SSSR count). The second-order valence-corrected chi connectivity index (χ2v) is 8.21. The van der Waals surface area contributed by atoms with Gasteiger partial charge < -0.3 is 9.47 Å². The van der Waals surface area contributed by atoms with E-state index in [9.17, 15) is 14.4 Å². The first kappa shape index (κ1) is 16.2. The molecule has 2 amide bonds. The average molecular weight is 373 g/mol. The van der Waals surface area contributed by atoms with Crippen molar-refractivity contribution in [2.24, 2.45) is 11.8 Å². The summed E-state index contributed by atoms with van der Waals surface area (Å²) < 4.78 is 10.9. The number of carbonyl (C=O) groups excluding carboxylic acids is 3. The number of rotatable bonds is 3. The number of aryl methyl sites for hydroxylation is 1. The first-order chi connectivity index (χ1) is 12.6. The highest BCUT2D eigenvalue weighted by Crippen LogP contribution is 2.49. The molecule has 1 aromatic rings. The second kappa shape index (κ2) is 5.76. The number of anilines is 1. The van der Waals surface area contributed by atoms with Crippen LogP contribution < -0.4 is 4.90 Å². The molecule has 1 aromatic heterocycles. The van der Waals surface area contributed by atoms with Crippen LogP contribution in [-0.4, -0.2) is 36.6 Å². The van der Waals surface area contributed by atoms with Gasteiger partial charge in [-0.2, -0.15) is 0 Å². The largest absolute Gasteiger partial charge is 0.462 e. The Morgan fingerprint density at radius 2 is 1.85 bits per heavy atom. The van der Waals surface area contributed by atoms with Crippen molar-refractivity contribution in [1.82, 2.24) is 0 Å². The van der Waals surface area contributed by atoms with Crippen LogP contribution >= 0.6 is 11.3 Å². The number of hydrogen-bond acceptors (Lipinski definition) is 6. The lowest BCUT2D eigenvalue weighted by atomic mass is 9.85. The predicted octanol–water partition coefficient (Wildman–Crippen LogP) is 2.25. The van der Waals surface area contributed by atoms with E-state index in [2.05, 4.69) is 0 Å². The van der Waals surface area contributed by atoms with Gasteiger partial charge in [-0.3, -0.25) is 9.59 Å². The molecule has 2 bridgehead atoms. The molecule has 2 fully saturated rings. The summed E-state index contributed by atoms with van der Waals surface area (Å²) in [6.07, 6.45) is 6.82. The lowest BCUT2D eigenvalue weighted by molar-refractivity contribution is -0.124. The van der Waals surface area contributed by atoms with Gasteiger partial charge in [-0.05, 0) is 38.2 Å². The molecule has 1 aliphatic carbocycles. The average Bonchev–Trinajstić information content (AvgIpc) is 3.37. The summed E-state index contributed by atoms with van der Waals surface area (Å²) >= 11 is 1.40. The molecule has 6 nitrogen and oxygen atoms in total. The van der Waals surface area contributed by atoms with Gasteiger partial charge in [0.25, 0.3) is 0 Å². The Morgan fingerprint density at radius 1 is 1.19 bits per heavy atom. The smallest absolute Gasteiger partial charge is 0.341 e. The maximum absolute atomic E-state index is 13.1. The van der Waals surface area contributed by atoms with Crippen LogP contribution in [0.15, 0.2) is 12.2 Å². The van der Waals surface area contributed by atoms with E-state index in [0.29, 0.717) is 10.6 Å². The topological polar surface area (TPSA) is 72.9 Å². The highest BCUT2D eigenvalue weighted by atomic mass is 32.1. The van der Waals surface area contributed by atoms with Crippen LogP contribution in [0.2, 0.25) is 0 Å². The van der Waals surface area contributed by atoms with Gasteiger partial charge in [-0.1, -0.05) is 12.2 Å². The van der Waals surface area contributed by atoms with Crippen LogP contribution in [0.25, 0.3) is 0 Å². The molecular weight excluding hydrogens is 354 g/mol. The van der Waals surface area contributed by atoms with Crippen molar-refractivity contribution in [1.29, 1.82) is 0 Å². The van der Waals surface area contributed by atoms with Gasteiger partial charge in [0.2, 0.25) is 11.8 Å². The first-order valence-electron chi connectivity index (χ1n) is 9.15. The predicted molar refractivity (Wildman–Crippen MR) is 94.2 cm³/mol. The van der Waals surface area contributed by atoms with E-state index in [1.165, 1.54) is 16.2 Å². The summed E-state index contributed by atoms with van der Waals surface area (Å²) in [7, 11) is 0. The number of fused-ring (bicyclic) bond motifs is 6. The van der Waals surface area contributed by atoms with Crippen LogP contribution in [0.5, 0.6) is 0 Å². The minimum Gasteiger partial charge on any atom is -0.462 e. The van der Waals surface area contributed by atoms with Crippen molar-refractivity contribution < 1.29 is 23.9 Å². The molecule has 0 spiro atoms. The third-order valence-electron chi connectivity index (χ3n) is 5.75. The molecule has 0 saturated carbocycles. The molecule has 26 heavy (non-hydrogen) atoms. The minimum absolute atomic E-state index is 0.249. The summed E-state index contributed by atoms with van der Waals surface area (Å²) in [6.45, 7) is 2.02. The molecule has 0 aromatic carbocycles. The first-order valence-corrected chi connectivity index (χ1v) is 9.96. The van der Waals surface area contributed by atoms with E-state index in [0.717, 1.165) is 36.1 Å². The third kappa shape index (κ3) is 2.04.